The van der Waals surface area contributed by atoms with Gasteiger partial charge in [0, 0.05) is 5.92 Å². The van der Waals surface area contributed by atoms with Crippen LogP contribution in [-0.2, 0) is 4.74 Å². The summed E-state index contributed by atoms with van der Waals surface area (Å²) >= 11 is 0. The van der Waals surface area contributed by atoms with Gasteiger partial charge in [-0.2, -0.15) is 0 Å². The fourth-order valence-electron chi connectivity index (χ4n) is 1.20. The number of aliphatic hydroxyl groups is 3. The molecule has 0 radical (unpaired) electrons. The van der Waals surface area contributed by atoms with E-state index in [9.17, 15) is 10.2 Å². The first-order valence-electron chi connectivity index (χ1n) is 3.75. The first-order valence-corrected chi connectivity index (χ1v) is 3.75. The molecule has 0 spiro atoms. The molecule has 1 saturated heterocycles. The maximum absolute atomic E-state index is 9.36. The summed E-state index contributed by atoms with van der Waals surface area (Å²) in [7, 11) is 0. The molecule has 0 aromatic heterocycles. The van der Waals surface area contributed by atoms with Crippen LogP contribution >= 0.6 is 0 Å². The first-order chi connectivity index (χ1) is 5.16. The van der Waals surface area contributed by atoms with Gasteiger partial charge in [0.15, 0.2) is 0 Å². The quantitative estimate of drug-likeness (QED) is 0.450. The molecule has 0 bridgehead atoms. The van der Waals surface area contributed by atoms with E-state index in [1.165, 1.54) is 0 Å². The molecule has 3 N–H and O–H groups in total. The number of rotatable bonds is 1. The van der Waals surface area contributed by atoms with Gasteiger partial charge in [-0.25, -0.2) is 0 Å². The summed E-state index contributed by atoms with van der Waals surface area (Å²) in [6, 6.07) is 0. The van der Waals surface area contributed by atoms with Crippen LogP contribution in [-0.4, -0.2) is 46.8 Å². The van der Waals surface area contributed by atoms with Gasteiger partial charge >= 0.3 is 0 Å². The lowest BCUT2D eigenvalue weighted by Gasteiger charge is -2.35. The van der Waals surface area contributed by atoms with Crippen molar-refractivity contribution >= 4 is 0 Å². The highest BCUT2D eigenvalue weighted by Gasteiger charge is 2.34. The smallest absolute Gasteiger partial charge is 0.107 e. The van der Waals surface area contributed by atoms with Crippen LogP contribution < -0.4 is 0 Å². The van der Waals surface area contributed by atoms with Crippen molar-refractivity contribution in [2.45, 2.75) is 25.2 Å². The van der Waals surface area contributed by atoms with Crippen molar-refractivity contribution in [3.8, 4) is 0 Å². The number of hydrogen-bond donors (Lipinski definition) is 3. The van der Waals surface area contributed by atoms with E-state index in [2.05, 4.69) is 0 Å². The molecule has 0 aromatic rings. The average Bonchev–Trinajstić information content (AvgIpc) is 2.01. The Morgan fingerprint density at radius 1 is 1.45 bits per heavy atom. The lowest BCUT2D eigenvalue weighted by atomic mass is 9.92. The molecule has 4 heteroatoms. The molecular weight excluding hydrogens is 148 g/mol. The Bertz CT molecular complexity index is 126. The monoisotopic (exact) mass is 162 g/mol. The fourth-order valence-corrected chi connectivity index (χ4v) is 1.20. The molecule has 0 saturated carbocycles. The zero-order valence-corrected chi connectivity index (χ0v) is 6.47. The van der Waals surface area contributed by atoms with E-state index in [1.54, 1.807) is 6.92 Å². The molecule has 66 valence electrons. The van der Waals surface area contributed by atoms with E-state index in [-0.39, 0.29) is 19.1 Å². The van der Waals surface area contributed by atoms with E-state index >= 15 is 0 Å². The molecule has 1 aliphatic heterocycles. The van der Waals surface area contributed by atoms with Gasteiger partial charge in [0.05, 0.1) is 25.4 Å². The van der Waals surface area contributed by atoms with Crippen molar-refractivity contribution in [1.82, 2.24) is 0 Å². The van der Waals surface area contributed by atoms with Crippen LogP contribution in [0.2, 0.25) is 0 Å². The number of ether oxygens (including phenoxy) is 1. The highest BCUT2D eigenvalue weighted by molar-refractivity contribution is 4.83. The number of hydrogen-bond acceptors (Lipinski definition) is 4. The first kappa shape index (κ1) is 8.93. The van der Waals surface area contributed by atoms with Crippen molar-refractivity contribution < 1.29 is 20.1 Å². The van der Waals surface area contributed by atoms with Gasteiger partial charge in [0.25, 0.3) is 0 Å². The molecule has 4 atom stereocenters. The Morgan fingerprint density at radius 2 is 2.09 bits per heavy atom. The molecule has 0 amide bonds. The summed E-state index contributed by atoms with van der Waals surface area (Å²) in [6.45, 7) is 1.74. The Kier molecular flexibility index (Phi) is 2.84. The molecule has 0 aromatic carbocycles. The van der Waals surface area contributed by atoms with Crippen molar-refractivity contribution in [3.05, 3.63) is 0 Å². The maximum atomic E-state index is 9.36. The zero-order valence-electron chi connectivity index (χ0n) is 6.47. The highest BCUT2D eigenvalue weighted by Crippen LogP contribution is 2.20. The van der Waals surface area contributed by atoms with Gasteiger partial charge in [-0.15, -0.1) is 0 Å². The summed E-state index contributed by atoms with van der Waals surface area (Å²) in [5, 5.41) is 27.3. The van der Waals surface area contributed by atoms with Crippen LogP contribution in [0.4, 0.5) is 0 Å². The van der Waals surface area contributed by atoms with Gasteiger partial charge in [0.2, 0.25) is 0 Å². The summed E-state index contributed by atoms with van der Waals surface area (Å²) < 4.78 is 4.97. The van der Waals surface area contributed by atoms with Crippen LogP contribution in [0.15, 0.2) is 0 Å². The molecule has 0 aliphatic carbocycles. The third kappa shape index (κ3) is 1.70. The Morgan fingerprint density at radius 3 is 2.64 bits per heavy atom. The van der Waals surface area contributed by atoms with E-state index in [0.29, 0.717) is 0 Å². The SMILES string of the molecule is C[C@H]1[C@H](O)[C@@H](CO)OC[C@@H]1O. The standard InChI is InChI=1S/C7H14O4/c1-4-5(9)3-11-6(2-8)7(4)10/h4-10H,2-3H2,1H3/t4-,5+,6-,7+/m1/s1. The fraction of sp³-hybridized carbons (Fsp3) is 1.00. The van der Waals surface area contributed by atoms with Gasteiger partial charge < -0.3 is 20.1 Å². The molecule has 0 unspecified atom stereocenters. The van der Waals surface area contributed by atoms with E-state index in [1.807, 2.05) is 0 Å². The van der Waals surface area contributed by atoms with E-state index in [4.69, 9.17) is 9.84 Å². The third-order valence-electron chi connectivity index (χ3n) is 2.19. The van der Waals surface area contributed by atoms with Crippen LogP contribution in [0.5, 0.6) is 0 Å². The molecule has 1 fully saturated rings. The molecule has 11 heavy (non-hydrogen) atoms. The van der Waals surface area contributed by atoms with E-state index in [0.717, 1.165) is 0 Å². The van der Waals surface area contributed by atoms with E-state index < -0.39 is 18.3 Å². The number of aliphatic hydroxyl groups excluding tert-OH is 3. The van der Waals surface area contributed by atoms with Crippen LogP contribution in [0.1, 0.15) is 6.92 Å². The van der Waals surface area contributed by atoms with Crippen LogP contribution in [0, 0.1) is 5.92 Å². The summed E-state index contributed by atoms with van der Waals surface area (Å²) in [5.41, 5.74) is 0. The van der Waals surface area contributed by atoms with Gasteiger partial charge in [-0.1, -0.05) is 6.92 Å². The normalized spacial score (nSPS) is 45.8. The minimum Gasteiger partial charge on any atom is -0.394 e. The van der Waals surface area contributed by atoms with Crippen molar-refractivity contribution in [3.63, 3.8) is 0 Å². The Balaban J connectivity index is 2.52. The Hall–Kier alpha value is -0.160. The average molecular weight is 162 g/mol. The topological polar surface area (TPSA) is 69.9 Å². The van der Waals surface area contributed by atoms with Crippen molar-refractivity contribution in [2.75, 3.05) is 13.2 Å². The summed E-state index contributed by atoms with van der Waals surface area (Å²) in [6.07, 6.45) is -1.91. The largest absolute Gasteiger partial charge is 0.394 e. The lowest BCUT2D eigenvalue weighted by Crippen LogP contribution is -2.49. The second-order valence-corrected chi connectivity index (χ2v) is 2.97. The second kappa shape index (κ2) is 3.49. The predicted molar refractivity (Wildman–Crippen MR) is 38.0 cm³/mol. The molecule has 1 rings (SSSR count). The molecule has 4 nitrogen and oxygen atoms in total. The molecular formula is C7H14O4. The van der Waals surface area contributed by atoms with Crippen molar-refractivity contribution in [1.29, 1.82) is 0 Å². The minimum atomic E-state index is -0.760. The second-order valence-electron chi connectivity index (χ2n) is 2.97. The maximum Gasteiger partial charge on any atom is 0.107 e. The minimum absolute atomic E-state index is 0.196. The van der Waals surface area contributed by atoms with Crippen LogP contribution in [0.3, 0.4) is 0 Å². The van der Waals surface area contributed by atoms with Crippen molar-refractivity contribution in [2.24, 2.45) is 5.92 Å². The van der Waals surface area contributed by atoms with Gasteiger partial charge in [0.1, 0.15) is 6.10 Å². The zero-order chi connectivity index (χ0) is 8.43. The Labute approximate surface area is 65.4 Å². The summed E-state index contributed by atoms with van der Waals surface area (Å²) in [5.74, 6) is -0.221. The molecule has 1 aliphatic rings. The highest BCUT2D eigenvalue weighted by atomic mass is 16.5. The van der Waals surface area contributed by atoms with Gasteiger partial charge in [-0.05, 0) is 0 Å². The van der Waals surface area contributed by atoms with Gasteiger partial charge in [-0.3, -0.25) is 0 Å². The third-order valence-corrected chi connectivity index (χ3v) is 2.19. The van der Waals surface area contributed by atoms with Crippen LogP contribution in [0.25, 0.3) is 0 Å². The summed E-state index contributed by atoms with van der Waals surface area (Å²) in [4.78, 5) is 0. The molecule has 1 heterocycles. The lowest BCUT2D eigenvalue weighted by molar-refractivity contribution is -0.165. The predicted octanol–water partition coefficient (Wildman–Crippen LogP) is -1.26.